The summed E-state index contributed by atoms with van der Waals surface area (Å²) in [6.45, 7) is 0. The van der Waals surface area contributed by atoms with E-state index in [0.29, 0.717) is 11.7 Å². The standard InChI is InChI=1S/C13H16FNO2/c14-11-6-3-7-12(10(11)8-13(16)17)15-9-4-1-2-5-9/h3,6-7,9,15H,1-2,4-5,8H2,(H,16,17). The van der Waals surface area contributed by atoms with E-state index in [9.17, 15) is 9.18 Å². The molecular formula is C13H16FNO2. The third-order valence-electron chi connectivity index (χ3n) is 3.16. The molecule has 0 unspecified atom stereocenters. The molecule has 0 heterocycles. The summed E-state index contributed by atoms with van der Waals surface area (Å²) < 4.78 is 13.6. The highest BCUT2D eigenvalue weighted by molar-refractivity contribution is 5.73. The van der Waals surface area contributed by atoms with Crippen LogP contribution in [0.2, 0.25) is 0 Å². The second-order valence-electron chi connectivity index (χ2n) is 4.46. The van der Waals surface area contributed by atoms with E-state index < -0.39 is 11.8 Å². The Balaban J connectivity index is 2.19. The van der Waals surface area contributed by atoms with Crippen molar-refractivity contribution in [1.29, 1.82) is 0 Å². The summed E-state index contributed by atoms with van der Waals surface area (Å²) in [7, 11) is 0. The zero-order valence-electron chi connectivity index (χ0n) is 9.58. The molecule has 1 aliphatic carbocycles. The topological polar surface area (TPSA) is 49.3 Å². The molecule has 0 aliphatic heterocycles. The molecule has 0 amide bonds. The first-order chi connectivity index (χ1) is 8.16. The zero-order chi connectivity index (χ0) is 12.3. The fourth-order valence-electron chi connectivity index (χ4n) is 2.31. The first-order valence-corrected chi connectivity index (χ1v) is 5.92. The molecule has 1 aliphatic rings. The van der Waals surface area contributed by atoms with E-state index in [1.165, 1.54) is 18.9 Å². The van der Waals surface area contributed by atoms with E-state index in [0.717, 1.165) is 12.8 Å². The van der Waals surface area contributed by atoms with Gasteiger partial charge in [-0.25, -0.2) is 4.39 Å². The number of halogens is 1. The maximum atomic E-state index is 13.6. The minimum Gasteiger partial charge on any atom is -0.481 e. The number of benzene rings is 1. The van der Waals surface area contributed by atoms with E-state index in [-0.39, 0.29) is 12.0 Å². The van der Waals surface area contributed by atoms with Gasteiger partial charge in [0, 0.05) is 17.3 Å². The van der Waals surface area contributed by atoms with Crippen LogP contribution in [0.25, 0.3) is 0 Å². The van der Waals surface area contributed by atoms with Crippen LogP contribution in [0.4, 0.5) is 10.1 Å². The van der Waals surface area contributed by atoms with Gasteiger partial charge in [-0.3, -0.25) is 4.79 Å². The third kappa shape index (κ3) is 2.96. The zero-order valence-corrected chi connectivity index (χ0v) is 9.58. The Morgan fingerprint density at radius 3 is 2.76 bits per heavy atom. The molecule has 2 N–H and O–H groups in total. The van der Waals surface area contributed by atoms with Crippen LogP contribution >= 0.6 is 0 Å². The van der Waals surface area contributed by atoms with Gasteiger partial charge in [-0.15, -0.1) is 0 Å². The van der Waals surface area contributed by atoms with Gasteiger partial charge in [-0.05, 0) is 25.0 Å². The summed E-state index contributed by atoms with van der Waals surface area (Å²) in [5, 5.41) is 12.0. The van der Waals surface area contributed by atoms with Gasteiger partial charge in [0.25, 0.3) is 0 Å². The molecule has 1 aromatic carbocycles. The molecule has 0 radical (unpaired) electrons. The van der Waals surface area contributed by atoms with Crippen LogP contribution in [0, 0.1) is 5.82 Å². The Bertz CT molecular complexity index is 414. The molecule has 17 heavy (non-hydrogen) atoms. The molecule has 1 fully saturated rings. The Morgan fingerprint density at radius 2 is 2.12 bits per heavy atom. The van der Waals surface area contributed by atoms with E-state index in [1.54, 1.807) is 12.1 Å². The van der Waals surface area contributed by atoms with Crippen molar-refractivity contribution < 1.29 is 14.3 Å². The van der Waals surface area contributed by atoms with Crippen LogP contribution in [0.1, 0.15) is 31.2 Å². The van der Waals surface area contributed by atoms with Gasteiger partial charge in [0.15, 0.2) is 0 Å². The Kier molecular flexibility index (Phi) is 3.61. The number of aliphatic carboxylic acids is 1. The van der Waals surface area contributed by atoms with Gasteiger partial charge in [-0.1, -0.05) is 18.9 Å². The van der Waals surface area contributed by atoms with E-state index in [1.807, 2.05) is 0 Å². The maximum Gasteiger partial charge on any atom is 0.308 e. The first-order valence-electron chi connectivity index (χ1n) is 5.92. The van der Waals surface area contributed by atoms with Gasteiger partial charge in [0.1, 0.15) is 5.82 Å². The van der Waals surface area contributed by atoms with Crippen molar-refractivity contribution in [1.82, 2.24) is 0 Å². The summed E-state index contributed by atoms with van der Waals surface area (Å²) in [5.41, 5.74) is 0.881. The number of carboxylic acid groups (broad SMARTS) is 1. The molecular weight excluding hydrogens is 221 g/mol. The van der Waals surface area contributed by atoms with Crippen molar-refractivity contribution in [3.05, 3.63) is 29.6 Å². The maximum absolute atomic E-state index is 13.6. The highest BCUT2D eigenvalue weighted by atomic mass is 19.1. The second-order valence-corrected chi connectivity index (χ2v) is 4.46. The molecule has 1 aromatic rings. The molecule has 0 saturated heterocycles. The summed E-state index contributed by atoms with van der Waals surface area (Å²) >= 11 is 0. The average Bonchev–Trinajstić information content (AvgIpc) is 2.75. The number of rotatable bonds is 4. The minimum atomic E-state index is -1.01. The smallest absolute Gasteiger partial charge is 0.308 e. The monoisotopic (exact) mass is 237 g/mol. The summed E-state index contributed by atoms with van der Waals surface area (Å²) in [6, 6.07) is 5.01. The second kappa shape index (κ2) is 5.17. The number of carbonyl (C=O) groups is 1. The molecule has 2 rings (SSSR count). The van der Waals surface area contributed by atoms with Gasteiger partial charge in [-0.2, -0.15) is 0 Å². The van der Waals surface area contributed by atoms with Crippen LogP contribution < -0.4 is 5.32 Å². The lowest BCUT2D eigenvalue weighted by Crippen LogP contribution is -2.17. The van der Waals surface area contributed by atoms with Gasteiger partial charge in [0.2, 0.25) is 0 Å². The lowest BCUT2D eigenvalue weighted by molar-refractivity contribution is -0.136. The van der Waals surface area contributed by atoms with Crippen LogP contribution in [0.5, 0.6) is 0 Å². The highest BCUT2D eigenvalue weighted by Gasteiger charge is 2.18. The van der Waals surface area contributed by atoms with Gasteiger partial charge in [0.05, 0.1) is 6.42 Å². The summed E-state index contributed by atoms with van der Waals surface area (Å²) in [4.78, 5) is 10.7. The van der Waals surface area contributed by atoms with Gasteiger partial charge < -0.3 is 10.4 Å². The van der Waals surface area contributed by atoms with E-state index in [2.05, 4.69) is 5.32 Å². The largest absolute Gasteiger partial charge is 0.481 e. The summed E-state index contributed by atoms with van der Waals surface area (Å²) in [5.74, 6) is -1.46. The Labute approximate surface area is 99.7 Å². The number of carboxylic acids is 1. The Morgan fingerprint density at radius 1 is 1.41 bits per heavy atom. The Hall–Kier alpha value is -1.58. The number of anilines is 1. The van der Waals surface area contributed by atoms with Crippen LogP contribution in [0.15, 0.2) is 18.2 Å². The molecule has 0 aromatic heterocycles. The van der Waals surface area contributed by atoms with Crippen molar-refractivity contribution >= 4 is 11.7 Å². The molecule has 0 spiro atoms. The van der Waals surface area contributed by atoms with Crippen molar-refractivity contribution in [2.24, 2.45) is 0 Å². The quantitative estimate of drug-likeness (QED) is 0.846. The molecule has 0 bridgehead atoms. The molecule has 92 valence electrons. The lowest BCUT2D eigenvalue weighted by Gasteiger charge is -2.16. The fourth-order valence-corrected chi connectivity index (χ4v) is 2.31. The van der Waals surface area contributed by atoms with Crippen molar-refractivity contribution in [2.75, 3.05) is 5.32 Å². The number of hydrogen-bond acceptors (Lipinski definition) is 2. The normalized spacial score (nSPS) is 16.1. The predicted molar refractivity (Wildman–Crippen MR) is 63.6 cm³/mol. The predicted octanol–water partition coefficient (Wildman–Crippen LogP) is 2.81. The van der Waals surface area contributed by atoms with Crippen LogP contribution in [-0.2, 0) is 11.2 Å². The third-order valence-corrected chi connectivity index (χ3v) is 3.16. The number of hydrogen-bond donors (Lipinski definition) is 2. The van der Waals surface area contributed by atoms with Crippen LogP contribution in [-0.4, -0.2) is 17.1 Å². The molecule has 3 nitrogen and oxygen atoms in total. The summed E-state index contributed by atoms with van der Waals surface area (Å²) in [6.07, 6.45) is 4.23. The fraction of sp³-hybridized carbons (Fsp3) is 0.462. The molecule has 1 saturated carbocycles. The minimum absolute atomic E-state index is 0.256. The molecule has 4 heteroatoms. The van der Waals surface area contributed by atoms with E-state index >= 15 is 0 Å². The van der Waals surface area contributed by atoms with E-state index in [4.69, 9.17) is 5.11 Å². The van der Waals surface area contributed by atoms with Crippen molar-refractivity contribution in [2.45, 2.75) is 38.1 Å². The SMILES string of the molecule is O=C(O)Cc1c(F)cccc1NC1CCCC1. The number of nitrogens with one attached hydrogen (secondary N) is 1. The average molecular weight is 237 g/mol. The molecule has 0 atom stereocenters. The first kappa shape index (κ1) is 11.9. The highest BCUT2D eigenvalue weighted by Crippen LogP contribution is 2.26. The van der Waals surface area contributed by atoms with Crippen molar-refractivity contribution in [3.63, 3.8) is 0 Å². The lowest BCUT2D eigenvalue weighted by atomic mass is 10.1. The van der Waals surface area contributed by atoms with Crippen molar-refractivity contribution in [3.8, 4) is 0 Å². The van der Waals surface area contributed by atoms with Gasteiger partial charge >= 0.3 is 5.97 Å². The van der Waals surface area contributed by atoms with Crippen LogP contribution in [0.3, 0.4) is 0 Å².